The second-order valence-electron chi connectivity index (χ2n) is 6.48. The minimum atomic E-state index is -0.0994. The summed E-state index contributed by atoms with van der Waals surface area (Å²) in [6, 6.07) is 12.1. The number of rotatable bonds is 4. The molecule has 0 bridgehead atoms. The second kappa shape index (κ2) is 7.47. The predicted molar refractivity (Wildman–Crippen MR) is 98.6 cm³/mol. The number of nitrogens with zero attached hydrogens (tertiary/aromatic N) is 2. The molecule has 4 nitrogen and oxygen atoms in total. The summed E-state index contributed by atoms with van der Waals surface area (Å²) < 4.78 is 0. The number of anilines is 2. The van der Waals surface area contributed by atoms with Crippen LogP contribution >= 0.6 is 0 Å². The fraction of sp³-hybridized carbons (Fsp3) is 0.400. The van der Waals surface area contributed by atoms with Crippen LogP contribution in [0.3, 0.4) is 0 Å². The van der Waals surface area contributed by atoms with Gasteiger partial charge < -0.3 is 10.2 Å². The monoisotopic (exact) mass is 323 g/mol. The standard InChI is InChI=1S/C20H25N3O/c1-3-18-9-4-5-12-23(18)19-11-10-17(14-21-19)22-20(24)16-8-6-7-15(2)13-16/h6-8,10-11,13-14,18H,3-5,9,12H2,1-2H3,(H,22,24). The van der Waals surface area contributed by atoms with Crippen LogP contribution in [-0.4, -0.2) is 23.5 Å². The average molecular weight is 323 g/mol. The van der Waals surface area contributed by atoms with Gasteiger partial charge in [0.2, 0.25) is 0 Å². The minimum Gasteiger partial charge on any atom is -0.354 e. The molecule has 126 valence electrons. The molecule has 0 spiro atoms. The van der Waals surface area contributed by atoms with Crippen molar-refractivity contribution in [3.63, 3.8) is 0 Å². The highest BCUT2D eigenvalue weighted by Gasteiger charge is 2.21. The van der Waals surface area contributed by atoms with E-state index in [0.717, 1.165) is 30.0 Å². The third-order valence-electron chi connectivity index (χ3n) is 4.68. The Labute approximate surface area is 143 Å². The molecule has 1 aliphatic rings. The van der Waals surface area contributed by atoms with E-state index < -0.39 is 0 Å². The first-order valence-corrected chi connectivity index (χ1v) is 8.78. The molecule has 1 aromatic carbocycles. The van der Waals surface area contributed by atoms with Gasteiger partial charge >= 0.3 is 0 Å². The maximum absolute atomic E-state index is 12.3. The molecule has 1 aromatic heterocycles. The van der Waals surface area contributed by atoms with Gasteiger partial charge in [0, 0.05) is 18.2 Å². The van der Waals surface area contributed by atoms with E-state index in [1.165, 1.54) is 19.3 Å². The van der Waals surface area contributed by atoms with Crippen LogP contribution in [0.1, 0.15) is 48.5 Å². The Morgan fingerprint density at radius 2 is 2.17 bits per heavy atom. The fourth-order valence-corrected chi connectivity index (χ4v) is 3.35. The number of benzene rings is 1. The summed E-state index contributed by atoms with van der Waals surface area (Å²) in [5, 5.41) is 2.92. The van der Waals surface area contributed by atoms with Gasteiger partial charge in [-0.2, -0.15) is 0 Å². The SMILES string of the molecule is CCC1CCCCN1c1ccc(NC(=O)c2cccc(C)c2)cn1. The Morgan fingerprint density at radius 1 is 1.29 bits per heavy atom. The lowest BCUT2D eigenvalue weighted by atomic mass is 10.00. The van der Waals surface area contributed by atoms with Gasteiger partial charge in [0.05, 0.1) is 11.9 Å². The van der Waals surface area contributed by atoms with E-state index in [4.69, 9.17) is 0 Å². The number of pyridine rings is 1. The molecule has 2 aromatic rings. The van der Waals surface area contributed by atoms with E-state index in [9.17, 15) is 4.79 Å². The first-order valence-electron chi connectivity index (χ1n) is 8.78. The summed E-state index contributed by atoms with van der Waals surface area (Å²) in [6.07, 6.45) is 6.67. The number of aromatic nitrogens is 1. The van der Waals surface area contributed by atoms with Crippen LogP contribution in [0.4, 0.5) is 11.5 Å². The number of hydrogen-bond acceptors (Lipinski definition) is 3. The quantitative estimate of drug-likeness (QED) is 0.906. The molecule has 0 saturated carbocycles. The summed E-state index contributed by atoms with van der Waals surface area (Å²) in [7, 11) is 0. The van der Waals surface area contributed by atoms with E-state index in [2.05, 4.69) is 22.1 Å². The van der Waals surface area contributed by atoms with Crippen LogP contribution in [0.25, 0.3) is 0 Å². The third kappa shape index (κ3) is 3.75. The normalized spacial score (nSPS) is 17.6. The van der Waals surface area contributed by atoms with E-state index in [1.807, 2.05) is 43.3 Å². The Bertz CT molecular complexity index is 696. The molecule has 0 radical (unpaired) electrons. The molecule has 0 aliphatic carbocycles. The smallest absolute Gasteiger partial charge is 0.255 e. The number of hydrogen-bond donors (Lipinski definition) is 1. The van der Waals surface area contributed by atoms with E-state index in [0.29, 0.717) is 11.6 Å². The van der Waals surface area contributed by atoms with E-state index in [-0.39, 0.29) is 5.91 Å². The molecule has 1 saturated heterocycles. The van der Waals surface area contributed by atoms with Crippen molar-refractivity contribution in [1.29, 1.82) is 0 Å². The van der Waals surface area contributed by atoms with Crippen LogP contribution in [0.5, 0.6) is 0 Å². The predicted octanol–water partition coefficient (Wildman–Crippen LogP) is 4.41. The molecular weight excluding hydrogens is 298 g/mol. The highest BCUT2D eigenvalue weighted by Crippen LogP contribution is 2.25. The summed E-state index contributed by atoms with van der Waals surface area (Å²) in [6.45, 7) is 5.29. The average Bonchev–Trinajstić information content (AvgIpc) is 2.62. The summed E-state index contributed by atoms with van der Waals surface area (Å²) in [5.41, 5.74) is 2.48. The van der Waals surface area contributed by atoms with Crippen LogP contribution < -0.4 is 10.2 Å². The van der Waals surface area contributed by atoms with Crippen molar-refractivity contribution in [2.45, 2.75) is 45.6 Å². The zero-order chi connectivity index (χ0) is 16.9. The molecule has 3 rings (SSSR count). The zero-order valence-electron chi connectivity index (χ0n) is 14.5. The van der Waals surface area contributed by atoms with Crippen molar-refractivity contribution in [2.75, 3.05) is 16.8 Å². The van der Waals surface area contributed by atoms with Crippen LogP contribution in [0.2, 0.25) is 0 Å². The van der Waals surface area contributed by atoms with Gasteiger partial charge in [0.1, 0.15) is 5.82 Å². The second-order valence-corrected chi connectivity index (χ2v) is 6.48. The Morgan fingerprint density at radius 3 is 2.88 bits per heavy atom. The van der Waals surface area contributed by atoms with Gasteiger partial charge in [0.15, 0.2) is 0 Å². The molecule has 1 aliphatic heterocycles. The Hall–Kier alpha value is -2.36. The van der Waals surface area contributed by atoms with Crippen LogP contribution in [0.15, 0.2) is 42.6 Å². The largest absolute Gasteiger partial charge is 0.354 e. The van der Waals surface area contributed by atoms with Crippen molar-refractivity contribution in [1.82, 2.24) is 4.98 Å². The number of amides is 1. The van der Waals surface area contributed by atoms with Crippen molar-refractivity contribution in [3.05, 3.63) is 53.7 Å². The molecule has 2 heterocycles. The fourth-order valence-electron chi connectivity index (χ4n) is 3.35. The summed E-state index contributed by atoms with van der Waals surface area (Å²) >= 11 is 0. The van der Waals surface area contributed by atoms with Gasteiger partial charge in [0.25, 0.3) is 5.91 Å². The van der Waals surface area contributed by atoms with Gasteiger partial charge in [-0.3, -0.25) is 4.79 Å². The molecule has 1 atom stereocenters. The lowest BCUT2D eigenvalue weighted by molar-refractivity contribution is 0.102. The highest BCUT2D eigenvalue weighted by molar-refractivity contribution is 6.04. The molecule has 24 heavy (non-hydrogen) atoms. The number of aryl methyl sites for hydroxylation is 1. The molecule has 1 fully saturated rings. The van der Waals surface area contributed by atoms with Gasteiger partial charge in [-0.15, -0.1) is 0 Å². The molecule has 4 heteroatoms. The maximum atomic E-state index is 12.3. The maximum Gasteiger partial charge on any atom is 0.255 e. The number of carbonyl (C=O) groups is 1. The Kier molecular flexibility index (Phi) is 5.14. The minimum absolute atomic E-state index is 0.0994. The van der Waals surface area contributed by atoms with E-state index >= 15 is 0 Å². The van der Waals surface area contributed by atoms with E-state index in [1.54, 1.807) is 6.20 Å². The molecule has 1 N–H and O–H groups in total. The molecular formula is C20H25N3O. The lowest BCUT2D eigenvalue weighted by Crippen LogP contribution is -2.39. The molecule has 1 amide bonds. The summed E-state index contributed by atoms with van der Waals surface area (Å²) in [4.78, 5) is 19.3. The topological polar surface area (TPSA) is 45.2 Å². The highest BCUT2D eigenvalue weighted by atomic mass is 16.1. The van der Waals surface area contributed by atoms with Crippen molar-refractivity contribution in [3.8, 4) is 0 Å². The van der Waals surface area contributed by atoms with Gasteiger partial charge in [-0.1, -0.05) is 24.6 Å². The van der Waals surface area contributed by atoms with Crippen molar-refractivity contribution < 1.29 is 4.79 Å². The first-order chi connectivity index (χ1) is 11.7. The van der Waals surface area contributed by atoms with Crippen LogP contribution in [0, 0.1) is 6.92 Å². The first kappa shape index (κ1) is 16.5. The Balaban J connectivity index is 1.69. The van der Waals surface area contributed by atoms with Gasteiger partial charge in [-0.25, -0.2) is 4.98 Å². The lowest BCUT2D eigenvalue weighted by Gasteiger charge is -2.36. The zero-order valence-corrected chi connectivity index (χ0v) is 14.5. The third-order valence-corrected chi connectivity index (χ3v) is 4.68. The number of nitrogens with one attached hydrogen (secondary N) is 1. The number of piperidine rings is 1. The number of carbonyl (C=O) groups excluding carboxylic acids is 1. The van der Waals surface area contributed by atoms with Crippen LogP contribution in [-0.2, 0) is 0 Å². The molecule has 1 unspecified atom stereocenters. The van der Waals surface area contributed by atoms with Crippen molar-refractivity contribution in [2.24, 2.45) is 0 Å². The summed E-state index contributed by atoms with van der Waals surface area (Å²) in [5.74, 6) is 0.910. The van der Waals surface area contributed by atoms with Crippen molar-refractivity contribution >= 4 is 17.4 Å². The van der Waals surface area contributed by atoms with Gasteiger partial charge in [-0.05, 0) is 56.9 Å².